The maximum atomic E-state index is 13.3. The molecule has 0 spiro atoms. The number of rotatable bonds is 6. The first-order chi connectivity index (χ1) is 15.3. The Morgan fingerprint density at radius 1 is 1.19 bits per heavy atom. The second-order valence-corrected chi connectivity index (χ2v) is 9.21. The van der Waals surface area contributed by atoms with Crippen molar-refractivity contribution in [3.8, 4) is 17.2 Å². The molecule has 2 amide bonds. The van der Waals surface area contributed by atoms with Crippen LogP contribution in [0.2, 0.25) is 0 Å². The molecule has 0 radical (unpaired) electrons. The van der Waals surface area contributed by atoms with Crippen LogP contribution >= 0.6 is 0 Å². The van der Waals surface area contributed by atoms with Crippen LogP contribution in [0.1, 0.15) is 12.8 Å². The van der Waals surface area contributed by atoms with Crippen molar-refractivity contribution in [1.82, 2.24) is 4.31 Å². The summed E-state index contributed by atoms with van der Waals surface area (Å²) in [6.07, 6.45) is 0.916. The molecule has 2 heterocycles. The van der Waals surface area contributed by atoms with E-state index in [1.165, 1.54) is 36.7 Å². The van der Waals surface area contributed by atoms with Crippen molar-refractivity contribution in [1.29, 1.82) is 0 Å². The third-order valence-electron chi connectivity index (χ3n) is 5.36. The Morgan fingerprint density at radius 3 is 2.75 bits per heavy atom. The van der Waals surface area contributed by atoms with Gasteiger partial charge in [0, 0.05) is 12.6 Å². The summed E-state index contributed by atoms with van der Waals surface area (Å²) in [6.45, 7) is 0.0802. The van der Waals surface area contributed by atoms with Gasteiger partial charge in [-0.3, -0.25) is 9.59 Å². The average molecular weight is 461 g/mol. The highest BCUT2D eigenvalue weighted by Gasteiger charge is 2.40. The second kappa shape index (κ2) is 8.67. The molecule has 2 aliphatic rings. The maximum absolute atomic E-state index is 13.3. The summed E-state index contributed by atoms with van der Waals surface area (Å²) in [5, 5.41) is 5.36. The van der Waals surface area contributed by atoms with Crippen molar-refractivity contribution in [2.24, 2.45) is 0 Å². The van der Waals surface area contributed by atoms with Gasteiger partial charge < -0.3 is 24.8 Å². The molecule has 2 aromatic carbocycles. The number of hydrogen-bond acceptors (Lipinski definition) is 7. The molecule has 1 atom stereocenters. The number of ether oxygens (including phenoxy) is 3. The topological polar surface area (TPSA) is 123 Å². The number of nitrogens with zero attached hydrogens (tertiary/aromatic N) is 1. The van der Waals surface area contributed by atoms with Crippen molar-refractivity contribution < 1.29 is 32.2 Å². The summed E-state index contributed by atoms with van der Waals surface area (Å²) in [7, 11) is -1.02. The van der Waals surface area contributed by atoms with Crippen LogP contribution in [-0.2, 0) is 19.6 Å². The Kier molecular flexibility index (Phi) is 5.94. The smallest absolute Gasteiger partial charge is 0.262 e. The molecule has 2 aromatic rings. The molecule has 1 saturated heterocycles. The van der Waals surface area contributed by atoms with Crippen LogP contribution in [0.15, 0.2) is 41.3 Å². The minimum atomic E-state index is -3.99. The third kappa shape index (κ3) is 4.08. The van der Waals surface area contributed by atoms with Crippen molar-refractivity contribution in [3.63, 3.8) is 0 Å². The van der Waals surface area contributed by atoms with Crippen molar-refractivity contribution in [2.75, 3.05) is 38.0 Å². The van der Waals surface area contributed by atoms with Gasteiger partial charge in [-0.1, -0.05) is 0 Å². The zero-order valence-electron chi connectivity index (χ0n) is 17.6. The third-order valence-corrected chi connectivity index (χ3v) is 7.27. The Hall–Kier alpha value is -3.31. The lowest BCUT2D eigenvalue weighted by Gasteiger charge is -2.25. The van der Waals surface area contributed by atoms with Crippen LogP contribution in [0.4, 0.5) is 11.4 Å². The van der Waals surface area contributed by atoms with E-state index in [2.05, 4.69) is 10.6 Å². The zero-order chi connectivity index (χ0) is 22.9. The molecule has 4 rings (SSSR count). The van der Waals surface area contributed by atoms with Crippen molar-refractivity contribution in [2.45, 2.75) is 23.8 Å². The van der Waals surface area contributed by atoms with Gasteiger partial charge in [0.1, 0.15) is 23.3 Å². The van der Waals surface area contributed by atoms with Gasteiger partial charge >= 0.3 is 0 Å². The fourth-order valence-electron chi connectivity index (χ4n) is 3.78. The number of carbonyl (C=O) groups excluding carboxylic acids is 2. The van der Waals surface area contributed by atoms with Gasteiger partial charge in [-0.15, -0.1) is 0 Å². The molecule has 32 heavy (non-hydrogen) atoms. The summed E-state index contributed by atoms with van der Waals surface area (Å²) in [5.74, 6) is 0.515. The lowest BCUT2D eigenvalue weighted by molar-refractivity contribution is -0.119. The molecule has 0 aromatic heterocycles. The average Bonchev–Trinajstić information content (AvgIpc) is 3.29. The lowest BCUT2D eigenvalue weighted by atomic mass is 10.2. The Bertz CT molecular complexity index is 1170. The van der Waals surface area contributed by atoms with Gasteiger partial charge in [-0.05, 0) is 43.2 Å². The highest BCUT2D eigenvalue weighted by atomic mass is 32.2. The van der Waals surface area contributed by atoms with E-state index in [1.807, 2.05) is 0 Å². The first-order valence-electron chi connectivity index (χ1n) is 9.95. The van der Waals surface area contributed by atoms with E-state index in [4.69, 9.17) is 14.2 Å². The fraction of sp³-hybridized carbons (Fsp3) is 0.333. The summed E-state index contributed by atoms with van der Waals surface area (Å²) >= 11 is 0. The van der Waals surface area contributed by atoms with Crippen LogP contribution in [0.5, 0.6) is 17.2 Å². The summed E-state index contributed by atoms with van der Waals surface area (Å²) < 4.78 is 43.6. The lowest BCUT2D eigenvalue weighted by Crippen LogP contribution is -2.43. The molecule has 1 fully saturated rings. The molecule has 10 nitrogen and oxygen atoms in total. The minimum Gasteiger partial charge on any atom is -0.497 e. The van der Waals surface area contributed by atoms with Crippen LogP contribution in [0.3, 0.4) is 0 Å². The molecule has 0 unspecified atom stereocenters. The molecular formula is C21H23N3O7S. The quantitative estimate of drug-likeness (QED) is 0.673. The van der Waals surface area contributed by atoms with Gasteiger partial charge in [0.15, 0.2) is 6.61 Å². The summed E-state index contributed by atoms with van der Waals surface area (Å²) in [4.78, 5) is 24.6. The molecule has 0 saturated carbocycles. The van der Waals surface area contributed by atoms with Crippen LogP contribution in [0, 0.1) is 0 Å². The Balaban J connectivity index is 1.59. The van der Waals surface area contributed by atoms with Crippen molar-refractivity contribution >= 4 is 33.2 Å². The van der Waals surface area contributed by atoms with E-state index in [1.54, 1.807) is 18.2 Å². The summed E-state index contributed by atoms with van der Waals surface area (Å²) in [5.41, 5.74) is 0.665. The number of amides is 2. The van der Waals surface area contributed by atoms with Gasteiger partial charge in [0.2, 0.25) is 15.9 Å². The van der Waals surface area contributed by atoms with Crippen LogP contribution in [-0.4, -0.2) is 58.0 Å². The Labute approximate surface area is 185 Å². The number of fused-ring (bicyclic) bond motifs is 1. The SMILES string of the molecule is COc1ccc(OC)c(NC(=O)[C@H]2CCCN2S(=O)(=O)c2ccc3c(c2)NC(=O)CO3)c1. The number of methoxy groups -OCH3 is 2. The van der Waals surface area contributed by atoms with E-state index >= 15 is 0 Å². The number of anilines is 2. The number of hydrogen-bond donors (Lipinski definition) is 2. The van der Waals surface area contributed by atoms with E-state index in [-0.39, 0.29) is 29.6 Å². The normalized spacial score (nSPS) is 18.3. The molecule has 2 aliphatic heterocycles. The molecule has 11 heteroatoms. The van der Waals surface area contributed by atoms with Gasteiger partial charge in [0.25, 0.3) is 5.91 Å². The van der Waals surface area contributed by atoms with Crippen LogP contribution in [0.25, 0.3) is 0 Å². The number of benzene rings is 2. The highest BCUT2D eigenvalue weighted by Crippen LogP contribution is 2.34. The zero-order valence-corrected chi connectivity index (χ0v) is 18.4. The summed E-state index contributed by atoms with van der Waals surface area (Å²) in [6, 6.07) is 8.31. The van der Waals surface area contributed by atoms with E-state index in [0.717, 1.165) is 0 Å². The molecule has 170 valence electrons. The molecule has 0 aliphatic carbocycles. The first kappa shape index (κ1) is 21.9. The van der Waals surface area contributed by atoms with E-state index in [9.17, 15) is 18.0 Å². The largest absolute Gasteiger partial charge is 0.497 e. The van der Waals surface area contributed by atoms with Crippen molar-refractivity contribution in [3.05, 3.63) is 36.4 Å². The predicted molar refractivity (Wildman–Crippen MR) is 116 cm³/mol. The fourth-order valence-corrected chi connectivity index (χ4v) is 5.46. The van der Waals surface area contributed by atoms with Crippen LogP contribution < -0.4 is 24.8 Å². The number of nitrogens with one attached hydrogen (secondary N) is 2. The standard InChI is InChI=1S/C21H23N3O7S/c1-29-13-5-7-18(30-2)15(10-13)23-21(26)17-4-3-9-24(17)32(27,28)14-6-8-19-16(11-14)22-20(25)12-31-19/h5-8,10-11,17H,3-4,9,12H2,1-2H3,(H,22,25)(H,23,26)/t17-/m1/s1. The van der Waals surface area contributed by atoms with Gasteiger partial charge in [-0.2, -0.15) is 4.31 Å². The number of sulfonamides is 1. The Morgan fingerprint density at radius 2 is 2.00 bits per heavy atom. The molecule has 2 N–H and O–H groups in total. The van der Waals surface area contributed by atoms with E-state index < -0.39 is 22.0 Å². The predicted octanol–water partition coefficient (Wildman–Crippen LogP) is 1.83. The maximum Gasteiger partial charge on any atom is 0.262 e. The second-order valence-electron chi connectivity index (χ2n) is 7.32. The van der Waals surface area contributed by atoms with E-state index in [0.29, 0.717) is 35.8 Å². The molecule has 0 bridgehead atoms. The number of carbonyl (C=O) groups is 2. The first-order valence-corrected chi connectivity index (χ1v) is 11.4. The molecular weight excluding hydrogens is 438 g/mol. The minimum absolute atomic E-state index is 0.0271. The monoisotopic (exact) mass is 461 g/mol. The van der Waals surface area contributed by atoms with Gasteiger partial charge in [0.05, 0.1) is 30.5 Å². The highest BCUT2D eigenvalue weighted by molar-refractivity contribution is 7.89. The van der Waals surface area contributed by atoms with Gasteiger partial charge in [-0.25, -0.2) is 8.42 Å².